The van der Waals surface area contributed by atoms with Crippen LogP contribution in [0, 0.1) is 18.8 Å². The van der Waals surface area contributed by atoms with E-state index in [4.69, 9.17) is 4.84 Å². The fourth-order valence-corrected chi connectivity index (χ4v) is 4.30. The number of hydrogen-bond acceptors (Lipinski definition) is 3. The molecule has 2 atom stereocenters. The summed E-state index contributed by atoms with van der Waals surface area (Å²) < 4.78 is 0. The summed E-state index contributed by atoms with van der Waals surface area (Å²) in [7, 11) is 0. The third-order valence-electron chi connectivity index (χ3n) is 5.79. The Bertz CT molecular complexity index is 676. The largest absolute Gasteiger partial charge is 0.481 e. The van der Waals surface area contributed by atoms with E-state index in [0.29, 0.717) is 19.1 Å². The van der Waals surface area contributed by atoms with E-state index in [0.717, 1.165) is 11.1 Å². The van der Waals surface area contributed by atoms with Crippen LogP contribution in [0.2, 0.25) is 0 Å². The molecule has 4 nitrogen and oxygen atoms in total. The number of allylic oxidation sites excluding steroid dienone is 2. The van der Waals surface area contributed by atoms with Crippen LogP contribution >= 0.6 is 0 Å². The highest BCUT2D eigenvalue weighted by atomic mass is 16.6. The molecule has 1 fully saturated rings. The minimum atomic E-state index is -0.817. The van der Waals surface area contributed by atoms with Crippen LogP contribution in [0.15, 0.2) is 48.6 Å². The lowest BCUT2D eigenvalue weighted by atomic mass is 9.67. The first kappa shape index (κ1) is 18.9. The number of hydrogen-bond donors (Lipinski definition) is 2. The Hall–Kier alpha value is -1.91. The molecule has 0 saturated heterocycles. The average molecular weight is 355 g/mol. The average Bonchev–Trinajstić information content (AvgIpc) is 2.66. The number of benzene rings is 1. The van der Waals surface area contributed by atoms with Crippen LogP contribution < -0.4 is 5.48 Å². The van der Waals surface area contributed by atoms with Gasteiger partial charge in [0.1, 0.15) is 0 Å². The van der Waals surface area contributed by atoms with E-state index in [2.05, 4.69) is 5.48 Å². The second kappa shape index (κ2) is 8.65. The molecule has 3 rings (SSSR count). The van der Waals surface area contributed by atoms with Crippen LogP contribution in [-0.4, -0.2) is 24.2 Å². The van der Waals surface area contributed by atoms with Gasteiger partial charge in [-0.3, -0.25) is 4.79 Å². The smallest absolute Gasteiger partial charge is 0.311 e. The molecule has 1 aromatic carbocycles. The Morgan fingerprint density at radius 3 is 2.73 bits per heavy atom. The highest BCUT2D eigenvalue weighted by molar-refractivity contribution is 5.76. The monoisotopic (exact) mass is 355 g/mol. The van der Waals surface area contributed by atoms with Gasteiger partial charge in [0.05, 0.1) is 12.5 Å². The fourth-order valence-electron chi connectivity index (χ4n) is 4.30. The molecule has 2 aliphatic rings. The maximum atomic E-state index is 12.0. The van der Waals surface area contributed by atoms with Crippen LogP contribution in [0.1, 0.15) is 43.2 Å². The number of carboxylic acids is 1. The van der Waals surface area contributed by atoms with Gasteiger partial charge in [-0.2, -0.15) is 0 Å². The van der Waals surface area contributed by atoms with Crippen LogP contribution in [0.25, 0.3) is 0 Å². The molecule has 26 heavy (non-hydrogen) atoms. The molecule has 140 valence electrons. The van der Waals surface area contributed by atoms with Gasteiger partial charge in [-0.1, -0.05) is 67.8 Å². The van der Waals surface area contributed by atoms with Gasteiger partial charge in [0.25, 0.3) is 0 Å². The van der Waals surface area contributed by atoms with E-state index >= 15 is 0 Å². The summed E-state index contributed by atoms with van der Waals surface area (Å²) in [6.07, 6.45) is 13.9. The highest BCUT2D eigenvalue weighted by Crippen LogP contribution is 2.39. The number of aliphatic carboxylic acids is 1. The zero-order valence-electron chi connectivity index (χ0n) is 15.5. The molecule has 2 unspecified atom stereocenters. The second-order valence-electron chi connectivity index (χ2n) is 7.55. The highest BCUT2D eigenvalue weighted by Gasteiger charge is 2.43. The van der Waals surface area contributed by atoms with Crippen molar-refractivity contribution >= 4 is 5.97 Å². The predicted octanol–water partition coefficient (Wildman–Crippen LogP) is 4.16. The molecule has 0 bridgehead atoms. The third-order valence-corrected chi connectivity index (χ3v) is 5.79. The summed E-state index contributed by atoms with van der Waals surface area (Å²) in [5.41, 5.74) is 4.57. The van der Waals surface area contributed by atoms with E-state index < -0.39 is 17.3 Å². The lowest BCUT2D eigenvalue weighted by molar-refractivity contribution is -0.142. The molecule has 1 saturated carbocycles. The SMILES string of the molecule is Cc1ccccc1C1(CNOCC2CCCCC2)C=CC=CC1C(=O)O. The van der Waals surface area contributed by atoms with Gasteiger partial charge in [-0.25, -0.2) is 5.48 Å². The van der Waals surface area contributed by atoms with Crippen molar-refractivity contribution in [3.05, 3.63) is 59.7 Å². The molecule has 0 radical (unpaired) electrons. The topological polar surface area (TPSA) is 58.6 Å². The molecule has 0 amide bonds. The van der Waals surface area contributed by atoms with Gasteiger partial charge in [0.2, 0.25) is 0 Å². The van der Waals surface area contributed by atoms with Crippen molar-refractivity contribution in [1.82, 2.24) is 5.48 Å². The second-order valence-corrected chi connectivity index (χ2v) is 7.55. The van der Waals surface area contributed by atoms with Crippen LogP contribution in [0.3, 0.4) is 0 Å². The van der Waals surface area contributed by atoms with Crippen LogP contribution in [-0.2, 0) is 15.0 Å². The number of nitrogens with one attached hydrogen (secondary N) is 1. The van der Waals surface area contributed by atoms with Gasteiger partial charge < -0.3 is 9.94 Å². The van der Waals surface area contributed by atoms with Crippen molar-refractivity contribution in [2.24, 2.45) is 11.8 Å². The fraction of sp³-hybridized carbons (Fsp3) is 0.500. The summed E-state index contributed by atoms with van der Waals surface area (Å²) in [6, 6.07) is 8.01. The zero-order valence-corrected chi connectivity index (χ0v) is 15.5. The number of hydroxylamine groups is 1. The Morgan fingerprint density at radius 1 is 1.23 bits per heavy atom. The lowest BCUT2D eigenvalue weighted by Crippen LogP contribution is -2.47. The van der Waals surface area contributed by atoms with Gasteiger partial charge >= 0.3 is 5.97 Å². The van der Waals surface area contributed by atoms with E-state index in [9.17, 15) is 9.90 Å². The zero-order chi connectivity index (χ0) is 18.4. The number of rotatable bonds is 7. The quantitative estimate of drug-likeness (QED) is 0.569. The predicted molar refractivity (Wildman–Crippen MR) is 103 cm³/mol. The molecule has 0 aliphatic heterocycles. The first-order valence-electron chi connectivity index (χ1n) is 9.63. The first-order chi connectivity index (χ1) is 12.6. The summed E-state index contributed by atoms with van der Waals surface area (Å²) in [5.74, 6) is -0.829. The Balaban J connectivity index is 1.75. The molecule has 2 aliphatic carbocycles. The summed E-state index contributed by atoms with van der Waals surface area (Å²) in [4.78, 5) is 17.8. The van der Waals surface area contributed by atoms with Gasteiger partial charge in [-0.05, 0) is 36.8 Å². The van der Waals surface area contributed by atoms with Gasteiger partial charge in [0, 0.05) is 12.0 Å². The molecule has 2 N–H and O–H groups in total. The van der Waals surface area contributed by atoms with Crippen LogP contribution in [0.4, 0.5) is 0 Å². The molecule has 0 aromatic heterocycles. The molecular formula is C22H29NO3. The van der Waals surface area contributed by atoms with Crippen molar-refractivity contribution in [2.75, 3.05) is 13.2 Å². The maximum Gasteiger partial charge on any atom is 0.311 e. The van der Waals surface area contributed by atoms with Crippen molar-refractivity contribution < 1.29 is 14.7 Å². The normalized spacial score (nSPS) is 26.1. The molecule has 1 aromatic rings. The number of carboxylic acid groups (broad SMARTS) is 1. The van der Waals surface area contributed by atoms with Crippen molar-refractivity contribution in [3.63, 3.8) is 0 Å². The molecule has 4 heteroatoms. The minimum Gasteiger partial charge on any atom is -0.481 e. The number of aryl methyl sites for hydroxylation is 1. The summed E-state index contributed by atoms with van der Waals surface area (Å²) in [6.45, 7) is 3.16. The first-order valence-corrected chi connectivity index (χ1v) is 9.63. The van der Waals surface area contributed by atoms with E-state index in [1.807, 2.05) is 49.4 Å². The van der Waals surface area contributed by atoms with Gasteiger partial charge in [0.15, 0.2) is 0 Å². The van der Waals surface area contributed by atoms with Crippen molar-refractivity contribution in [1.29, 1.82) is 0 Å². The number of carbonyl (C=O) groups is 1. The maximum absolute atomic E-state index is 12.0. The van der Waals surface area contributed by atoms with Crippen molar-refractivity contribution in [3.8, 4) is 0 Å². The molecule has 0 heterocycles. The lowest BCUT2D eigenvalue weighted by Gasteiger charge is -2.38. The Labute approximate surface area is 155 Å². The Kier molecular flexibility index (Phi) is 6.28. The minimum absolute atomic E-state index is 0.433. The molecular weight excluding hydrogens is 326 g/mol. The van der Waals surface area contributed by atoms with E-state index in [-0.39, 0.29) is 0 Å². The summed E-state index contributed by atoms with van der Waals surface area (Å²) in [5, 5.41) is 9.83. The van der Waals surface area contributed by atoms with E-state index in [1.54, 1.807) is 6.08 Å². The van der Waals surface area contributed by atoms with Crippen molar-refractivity contribution in [2.45, 2.75) is 44.4 Å². The van der Waals surface area contributed by atoms with Gasteiger partial charge in [-0.15, -0.1) is 0 Å². The summed E-state index contributed by atoms with van der Waals surface area (Å²) >= 11 is 0. The molecule has 0 spiro atoms. The third kappa shape index (κ3) is 4.08. The van der Waals surface area contributed by atoms with Crippen LogP contribution in [0.5, 0.6) is 0 Å². The Morgan fingerprint density at radius 2 is 2.00 bits per heavy atom. The van der Waals surface area contributed by atoms with E-state index in [1.165, 1.54) is 32.1 Å². The standard InChI is InChI=1S/C22H29NO3/c1-17-9-5-6-12-19(17)22(14-8-7-13-20(22)21(24)25)16-23-26-15-18-10-3-2-4-11-18/h5-9,12-14,18,20,23H,2-4,10-11,15-16H2,1H3,(H,24,25).